The van der Waals surface area contributed by atoms with Gasteiger partial charge < -0.3 is 5.73 Å². The van der Waals surface area contributed by atoms with Gasteiger partial charge in [-0.25, -0.2) is 9.69 Å². The quantitative estimate of drug-likeness (QED) is 0.552. The lowest BCUT2D eigenvalue weighted by Gasteiger charge is -2.16. The first-order valence-corrected chi connectivity index (χ1v) is 1.95. The fourth-order valence-corrected chi connectivity index (χ4v) is 0.125. The molecule has 0 fully saturated rings. The summed E-state index contributed by atoms with van der Waals surface area (Å²) in [6.07, 6.45) is -4.66. The first kappa shape index (κ1) is 12.1. The second kappa shape index (κ2) is 3.50. The van der Waals surface area contributed by atoms with Crippen LogP contribution < -0.4 is 5.73 Å². The Labute approximate surface area is 61.4 Å². The molecule has 2 amide bonds. The molecule has 0 bridgehead atoms. The van der Waals surface area contributed by atoms with Gasteiger partial charge in [-0.3, -0.25) is 0 Å². The van der Waals surface area contributed by atoms with Crippen molar-refractivity contribution in [1.82, 2.24) is 4.90 Å². The summed E-state index contributed by atoms with van der Waals surface area (Å²) >= 11 is 0. The van der Waals surface area contributed by atoms with E-state index in [0.717, 1.165) is 0 Å². The van der Waals surface area contributed by atoms with Gasteiger partial charge in [-0.05, 0) is 0 Å². The van der Waals surface area contributed by atoms with Gasteiger partial charge >= 0.3 is 12.3 Å². The molecule has 0 unspecified atom stereocenters. The standard InChI is InChI=1S/C3H5F3N2O.ClH/c1-8(2(7)9)3(4,5)6;/h1H3,(H2,7,9);1H. The number of nitrogens with two attached hydrogens (primary N) is 1. The van der Waals surface area contributed by atoms with Gasteiger partial charge in [0.05, 0.1) is 0 Å². The van der Waals surface area contributed by atoms with E-state index >= 15 is 0 Å². The fraction of sp³-hybridized carbons (Fsp3) is 0.667. The number of primary amides is 1. The number of hydrogen-bond donors (Lipinski definition) is 1. The number of halogens is 4. The Balaban J connectivity index is 0. The topological polar surface area (TPSA) is 46.3 Å². The van der Waals surface area contributed by atoms with Crippen molar-refractivity contribution in [2.24, 2.45) is 5.73 Å². The summed E-state index contributed by atoms with van der Waals surface area (Å²) in [4.78, 5) is 9.27. The molecule has 0 aliphatic carbocycles. The molecule has 0 spiro atoms. The third-order valence-corrected chi connectivity index (χ3v) is 0.711. The molecule has 0 aliphatic heterocycles. The van der Waals surface area contributed by atoms with Crippen molar-refractivity contribution in [2.75, 3.05) is 7.05 Å². The van der Waals surface area contributed by atoms with Crippen LogP contribution in [0.25, 0.3) is 0 Å². The molecule has 0 saturated heterocycles. The smallest absolute Gasteiger partial charge is 0.351 e. The zero-order valence-corrected chi connectivity index (χ0v) is 5.79. The molecule has 0 saturated carbocycles. The van der Waals surface area contributed by atoms with E-state index in [1.165, 1.54) is 0 Å². The molecular formula is C3H6ClF3N2O. The SMILES string of the molecule is CN(C(N)=O)C(F)(F)F.Cl. The number of nitrogens with zero attached hydrogens (tertiary/aromatic N) is 1. The highest BCUT2D eigenvalue weighted by Crippen LogP contribution is 2.17. The van der Waals surface area contributed by atoms with Crippen molar-refractivity contribution in [3.8, 4) is 0 Å². The Kier molecular flexibility index (Phi) is 4.23. The first-order valence-electron chi connectivity index (χ1n) is 1.95. The van der Waals surface area contributed by atoms with Gasteiger partial charge in [0.2, 0.25) is 0 Å². The number of urea groups is 1. The molecule has 7 heteroatoms. The summed E-state index contributed by atoms with van der Waals surface area (Å²) in [6.45, 7) is 0. The molecule has 0 aromatic rings. The van der Waals surface area contributed by atoms with Crippen molar-refractivity contribution in [3.05, 3.63) is 0 Å². The normalized spacial score (nSPS) is 10.0. The Morgan fingerprint density at radius 3 is 1.80 bits per heavy atom. The molecular weight excluding hydrogens is 172 g/mol. The maximum absolute atomic E-state index is 11.3. The molecule has 0 heterocycles. The molecule has 0 atom stereocenters. The predicted molar refractivity (Wildman–Crippen MR) is 30.6 cm³/mol. The fourth-order valence-electron chi connectivity index (χ4n) is 0.125. The second-order valence-electron chi connectivity index (χ2n) is 1.37. The van der Waals surface area contributed by atoms with Crippen LogP contribution >= 0.6 is 12.4 Å². The monoisotopic (exact) mass is 178 g/mol. The number of carbonyl (C=O) groups excluding carboxylic acids is 1. The maximum atomic E-state index is 11.3. The van der Waals surface area contributed by atoms with Gasteiger partial charge in [-0.15, -0.1) is 25.6 Å². The Morgan fingerprint density at radius 1 is 1.50 bits per heavy atom. The van der Waals surface area contributed by atoms with E-state index in [2.05, 4.69) is 5.73 Å². The van der Waals surface area contributed by atoms with Crippen LogP contribution in [0.3, 0.4) is 0 Å². The summed E-state index contributed by atoms with van der Waals surface area (Å²) in [5, 5.41) is 0. The van der Waals surface area contributed by atoms with E-state index in [4.69, 9.17) is 0 Å². The van der Waals surface area contributed by atoms with Gasteiger partial charge in [-0.1, -0.05) is 0 Å². The van der Waals surface area contributed by atoms with Crippen LogP contribution in [0, 0.1) is 0 Å². The summed E-state index contributed by atoms with van der Waals surface area (Å²) in [5.41, 5.74) is 4.29. The highest BCUT2D eigenvalue weighted by molar-refractivity contribution is 5.85. The number of hydrogen-bond acceptors (Lipinski definition) is 1. The van der Waals surface area contributed by atoms with Crippen LogP contribution in [0.1, 0.15) is 0 Å². The molecule has 3 nitrogen and oxygen atoms in total. The van der Waals surface area contributed by atoms with Gasteiger partial charge in [0.25, 0.3) is 0 Å². The van der Waals surface area contributed by atoms with Crippen LogP contribution in [0.5, 0.6) is 0 Å². The first-order chi connectivity index (χ1) is 3.85. The van der Waals surface area contributed by atoms with E-state index in [1.54, 1.807) is 0 Å². The minimum atomic E-state index is -4.66. The van der Waals surface area contributed by atoms with Crippen LogP contribution in [0.4, 0.5) is 18.0 Å². The second-order valence-corrected chi connectivity index (χ2v) is 1.37. The van der Waals surface area contributed by atoms with Gasteiger partial charge in [0, 0.05) is 7.05 Å². The molecule has 62 valence electrons. The van der Waals surface area contributed by atoms with Gasteiger partial charge in [0.15, 0.2) is 0 Å². The van der Waals surface area contributed by atoms with Crippen LogP contribution in [-0.4, -0.2) is 24.3 Å². The zero-order chi connectivity index (χ0) is 7.65. The minimum Gasteiger partial charge on any atom is -0.351 e. The molecule has 2 N–H and O–H groups in total. The van der Waals surface area contributed by atoms with Crippen LogP contribution in [-0.2, 0) is 0 Å². The summed E-state index contributed by atoms with van der Waals surface area (Å²) in [6, 6.07) is -1.51. The Hall–Kier alpha value is -0.650. The van der Waals surface area contributed by atoms with E-state index in [1.807, 2.05) is 0 Å². The lowest BCUT2D eigenvalue weighted by Crippen LogP contribution is -2.42. The van der Waals surface area contributed by atoms with Crippen molar-refractivity contribution in [1.29, 1.82) is 0 Å². The van der Waals surface area contributed by atoms with Crippen molar-refractivity contribution in [3.63, 3.8) is 0 Å². The van der Waals surface area contributed by atoms with E-state index in [-0.39, 0.29) is 12.4 Å². The van der Waals surface area contributed by atoms with Crippen LogP contribution in [0.2, 0.25) is 0 Å². The Bertz CT molecular complexity index is 125. The average Bonchev–Trinajstić information content (AvgIpc) is 1.62. The largest absolute Gasteiger partial charge is 0.488 e. The number of amides is 2. The Morgan fingerprint density at radius 2 is 1.80 bits per heavy atom. The molecule has 0 rings (SSSR count). The highest BCUT2D eigenvalue weighted by Gasteiger charge is 2.36. The number of rotatable bonds is 0. The third-order valence-electron chi connectivity index (χ3n) is 0.711. The number of alkyl halides is 3. The molecule has 10 heavy (non-hydrogen) atoms. The average molecular weight is 179 g/mol. The van der Waals surface area contributed by atoms with Crippen molar-refractivity contribution >= 4 is 18.4 Å². The predicted octanol–water partition coefficient (Wildman–Crippen LogP) is 0.939. The maximum Gasteiger partial charge on any atom is 0.488 e. The lowest BCUT2D eigenvalue weighted by molar-refractivity contribution is -0.214. The lowest BCUT2D eigenvalue weighted by atomic mass is 10.8. The van der Waals surface area contributed by atoms with Gasteiger partial charge in [-0.2, -0.15) is 0 Å². The van der Waals surface area contributed by atoms with E-state index < -0.39 is 17.2 Å². The van der Waals surface area contributed by atoms with Gasteiger partial charge in [0.1, 0.15) is 0 Å². The highest BCUT2D eigenvalue weighted by atomic mass is 35.5. The molecule has 0 radical (unpaired) electrons. The summed E-state index contributed by atoms with van der Waals surface area (Å²) in [5.74, 6) is 0. The van der Waals surface area contributed by atoms with Crippen molar-refractivity contribution in [2.45, 2.75) is 6.30 Å². The summed E-state index contributed by atoms with van der Waals surface area (Å²) < 4.78 is 34.0. The van der Waals surface area contributed by atoms with Crippen molar-refractivity contribution < 1.29 is 18.0 Å². The zero-order valence-electron chi connectivity index (χ0n) is 4.97. The minimum absolute atomic E-state index is 0. The van der Waals surface area contributed by atoms with E-state index in [0.29, 0.717) is 7.05 Å². The third kappa shape index (κ3) is 3.39. The summed E-state index contributed by atoms with van der Waals surface area (Å²) in [7, 11) is 0.558. The van der Waals surface area contributed by atoms with Crippen LogP contribution in [0.15, 0.2) is 0 Å². The van der Waals surface area contributed by atoms with E-state index in [9.17, 15) is 18.0 Å². The molecule has 0 aromatic carbocycles. The number of carbonyl (C=O) groups is 1. The molecule has 0 aromatic heterocycles. The molecule has 0 aliphatic rings.